The van der Waals surface area contributed by atoms with Crippen molar-refractivity contribution < 1.29 is 4.39 Å². The highest BCUT2D eigenvalue weighted by molar-refractivity contribution is 6.30. The molecule has 1 aliphatic rings. The van der Waals surface area contributed by atoms with Gasteiger partial charge in [0.05, 0.1) is 5.02 Å². The third-order valence-electron chi connectivity index (χ3n) is 3.61. The quantitative estimate of drug-likeness (QED) is 0.744. The van der Waals surface area contributed by atoms with Crippen LogP contribution in [0.5, 0.6) is 0 Å². The second kappa shape index (κ2) is 4.79. The molecule has 0 unspecified atom stereocenters. The summed E-state index contributed by atoms with van der Waals surface area (Å²) in [5.74, 6) is -0.351. The van der Waals surface area contributed by atoms with Crippen LogP contribution in [0.25, 0.3) is 0 Å². The van der Waals surface area contributed by atoms with Gasteiger partial charge in [0, 0.05) is 12.0 Å². The average molecular weight is 254 g/mol. The molecule has 0 saturated carbocycles. The van der Waals surface area contributed by atoms with E-state index in [2.05, 4.69) is 18.5 Å². The van der Waals surface area contributed by atoms with Crippen LogP contribution in [0, 0.1) is 5.82 Å². The first-order valence-corrected chi connectivity index (χ1v) is 6.20. The Bertz CT molecular complexity index is 432. The maximum absolute atomic E-state index is 13.2. The van der Waals surface area contributed by atoms with E-state index < -0.39 is 0 Å². The molecule has 2 rings (SSSR count). The minimum Gasteiger partial charge on any atom is -0.305 e. The molecule has 17 heavy (non-hydrogen) atoms. The lowest BCUT2D eigenvalue weighted by molar-refractivity contribution is 0.368. The number of halogens is 2. The molecule has 1 heterocycles. The van der Waals surface area contributed by atoms with E-state index in [1.165, 1.54) is 6.07 Å². The minimum absolute atomic E-state index is 0.0494. The molecule has 0 aromatic heterocycles. The lowest BCUT2D eigenvalue weighted by Crippen LogP contribution is -2.29. The number of benzene rings is 1. The first-order valence-electron chi connectivity index (χ1n) is 5.82. The van der Waals surface area contributed by atoms with E-state index in [1.54, 1.807) is 6.07 Å². The molecule has 0 radical (unpaired) electrons. The smallest absolute Gasteiger partial charge is 0.141 e. The van der Waals surface area contributed by atoms with E-state index in [0.29, 0.717) is 0 Å². The van der Waals surface area contributed by atoms with E-state index in [9.17, 15) is 4.39 Å². The van der Waals surface area contributed by atoms with Gasteiger partial charge in [-0.2, -0.15) is 0 Å². The fourth-order valence-corrected chi connectivity index (χ4v) is 2.88. The Morgan fingerprint density at radius 1 is 1.59 bits per heavy atom. The van der Waals surface area contributed by atoms with Crippen molar-refractivity contribution in [3.63, 3.8) is 0 Å². The first-order chi connectivity index (χ1) is 8.07. The molecule has 1 fully saturated rings. The molecule has 3 heteroatoms. The molecular weight excluding hydrogens is 237 g/mol. The molecule has 1 atom stereocenters. The summed E-state index contributed by atoms with van der Waals surface area (Å²) in [7, 11) is 2.11. The van der Waals surface area contributed by atoms with Crippen molar-refractivity contribution >= 4 is 11.6 Å². The van der Waals surface area contributed by atoms with Gasteiger partial charge in [0.15, 0.2) is 0 Å². The summed E-state index contributed by atoms with van der Waals surface area (Å²) in [6.45, 7) is 5.87. The number of likely N-dealkylation sites (tertiary alicyclic amines) is 1. The molecule has 92 valence electrons. The zero-order valence-electron chi connectivity index (χ0n) is 10.0. The zero-order chi connectivity index (χ0) is 12.5. The van der Waals surface area contributed by atoms with Gasteiger partial charge in [-0.15, -0.1) is 6.58 Å². The van der Waals surface area contributed by atoms with E-state index >= 15 is 0 Å². The highest BCUT2D eigenvalue weighted by Crippen LogP contribution is 2.38. The maximum Gasteiger partial charge on any atom is 0.141 e. The van der Waals surface area contributed by atoms with Gasteiger partial charge in [-0.25, -0.2) is 4.39 Å². The SMILES string of the molecule is C=CC[C@@]1(c2ccc(F)c(Cl)c2)CCN(C)C1. The van der Waals surface area contributed by atoms with Crippen molar-refractivity contribution in [2.24, 2.45) is 0 Å². The van der Waals surface area contributed by atoms with Crippen LogP contribution < -0.4 is 0 Å². The topological polar surface area (TPSA) is 3.24 Å². The molecule has 0 N–H and O–H groups in total. The van der Waals surface area contributed by atoms with Gasteiger partial charge in [-0.1, -0.05) is 23.7 Å². The summed E-state index contributed by atoms with van der Waals surface area (Å²) in [4.78, 5) is 2.29. The van der Waals surface area contributed by atoms with Crippen molar-refractivity contribution in [1.82, 2.24) is 4.90 Å². The summed E-state index contributed by atoms with van der Waals surface area (Å²) < 4.78 is 13.2. The van der Waals surface area contributed by atoms with Crippen LogP contribution in [-0.2, 0) is 5.41 Å². The summed E-state index contributed by atoms with van der Waals surface area (Å²) in [5.41, 5.74) is 1.17. The summed E-state index contributed by atoms with van der Waals surface area (Å²) in [6, 6.07) is 5.07. The second-order valence-electron chi connectivity index (χ2n) is 4.89. The Morgan fingerprint density at radius 3 is 2.88 bits per heavy atom. The van der Waals surface area contributed by atoms with Gasteiger partial charge in [0.2, 0.25) is 0 Å². The van der Waals surface area contributed by atoms with E-state index in [4.69, 9.17) is 11.6 Å². The van der Waals surface area contributed by atoms with Crippen LogP contribution >= 0.6 is 11.6 Å². The van der Waals surface area contributed by atoms with Gasteiger partial charge in [-0.3, -0.25) is 0 Å². The standard InChI is InChI=1S/C14H17ClFN/c1-3-6-14(7-8-17(2)10-14)11-4-5-13(16)12(15)9-11/h3-5,9H,1,6-8,10H2,2H3/t14-/m1/s1. The highest BCUT2D eigenvalue weighted by atomic mass is 35.5. The fourth-order valence-electron chi connectivity index (χ4n) is 2.70. The highest BCUT2D eigenvalue weighted by Gasteiger charge is 2.37. The molecule has 1 aromatic carbocycles. The lowest BCUT2D eigenvalue weighted by atomic mass is 9.77. The van der Waals surface area contributed by atoms with E-state index in [1.807, 2.05) is 12.1 Å². The predicted octanol–water partition coefficient (Wildman–Crippen LogP) is 3.63. The Labute approximate surface area is 107 Å². The van der Waals surface area contributed by atoms with Crippen molar-refractivity contribution in [2.45, 2.75) is 18.3 Å². The van der Waals surface area contributed by atoms with Crippen molar-refractivity contribution in [1.29, 1.82) is 0 Å². The van der Waals surface area contributed by atoms with Gasteiger partial charge in [-0.05, 0) is 44.1 Å². The van der Waals surface area contributed by atoms with Crippen molar-refractivity contribution in [3.8, 4) is 0 Å². The van der Waals surface area contributed by atoms with Crippen molar-refractivity contribution in [2.75, 3.05) is 20.1 Å². The molecule has 0 aliphatic carbocycles. The number of hydrogen-bond donors (Lipinski definition) is 0. The molecule has 0 spiro atoms. The van der Waals surface area contributed by atoms with Crippen molar-refractivity contribution in [3.05, 3.63) is 47.3 Å². The van der Waals surface area contributed by atoms with E-state index in [0.717, 1.165) is 31.5 Å². The zero-order valence-corrected chi connectivity index (χ0v) is 10.8. The number of likely N-dealkylation sites (N-methyl/N-ethyl adjacent to an activating group) is 1. The predicted molar refractivity (Wildman–Crippen MR) is 70.0 cm³/mol. The summed E-state index contributed by atoms with van der Waals surface area (Å²) in [5, 5.41) is 0.209. The molecule has 0 amide bonds. The van der Waals surface area contributed by atoms with Crippen LogP contribution in [0.4, 0.5) is 4.39 Å². The van der Waals surface area contributed by atoms with Crippen LogP contribution in [0.3, 0.4) is 0 Å². The van der Waals surface area contributed by atoms with Crippen LogP contribution in [0.1, 0.15) is 18.4 Å². The summed E-state index contributed by atoms with van der Waals surface area (Å²) >= 11 is 5.88. The van der Waals surface area contributed by atoms with Gasteiger partial charge < -0.3 is 4.90 Å². The third kappa shape index (κ3) is 2.38. The third-order valence-corrected chi connectivity index (χ3v) is 3.90. The number of hydrogen-bond acceptors (Lipinski definition) is 1. The molecule has 1 nitrogen and oxygen atoms in total. The first kappa shape index (κ1) is 12.6. The van der Waals surface area contributed by atoms with Gasteiger partial charge >= 0.3 is 0 Å². The molecule has 1 saturated heterocycles. The fraction of sp³-hybridized carbons (Fsp3) is 0.429. The monoisotopic (exact) mass is 253 g/mol. The molecular formula is C14H17ClFN. The second-order valence-corrected chi connectivity index (χ2v) is 5.30. The lowest BCUT2D eigenvalue weighted by Gasteiger charge is -2.28. The van der Waals surface area contributed by atoms with Gasteiger partial charge in [0.25, 0.3) is 0 Å². The average Bonchev–Trinajstić information content (AvgIpc) is 2.66. The largest absolute Gasteiger partial charge is 0.305 e. The number of nitrogens with zero attached hydrogens (tertiary/aromatic N) is 1. The summed E-state index contributed by atoms with van der Waals surface area (Å²) in [6.07, 6.45) is 3.91. The number of rotatable bonds is 3. The molecule has 1 aliphatic heterocycles. The van der Waals surface area contributed by atoms with Crippen LogP contribution in [-0.4, -0.2) is 25.0 Å². The molecule has 1 aromatic rings. The molecule has 0 bridgehead atoms. The Morgan fingerprint density at radius 2 is 2.35 bits per heavy atom. The Kier molecular flexibility index (Phi) is 3.55. The van der Waals surface area contributed by atoms with Crippen LogP contribution in [0.2, 0.25) is 5.02 Å². The van der Waals surface area contributed by atoms with Gasteiger partial charge in [0.1, 0.15) is 5.82 Å². The maximum atomic E-state index is 13.2. The normalized spacial score (nSPS) is 25.1. The van der Waals surface area contributed by atoms with E-state index in [-0.39, 0.29) is 16.3 Å². The number of allylic oxidation sites excluding steroid dienone is 1. The Balaban J connectivity index is 2.39. The van der Waals surface area contributed by atoms with Crippen LogP contribution in [0.15, 0.2) is 30.9 Å². The minimum atomic E-state index is -0.351. The Hall–Kier alpha value is -0.860.